The Balaban J connectivity index is 2.65. The molecule has 0 aliphatic rings. The van der Waals surface area contributed by atoms with Gasteiger partial charge >= 0.3 is 5.97 Å². The maximum Gasteiger partial charge on any atom is 0.335 e. The highest BCUT2D eigenvalue weighted by Gasteiger charge is 2.15. The molecule has 1 N–H and O–H groups in total. The summed E-state index contributed by atoms with van der Waals surface area (Å²) in [5.74, 6) is 0.442. The molecule has 0 atom stereocenters. The number of benzene rings is 2. The van der Waals surface area contributed by atoms with E-state index in [1.165, 1.54) is 0 Å². The van der Waals surface area contributed by atoms with Gasteiger partial charge in [0, 0.05) is 0 Å². The number of ether oxygens (including phenoxy) is 2. The van der Waals surface area contributed by atoms with Crippen LogP contribution in [0.25, 0.3) is 11.1 Å². The van der Waals surface area contributed by atoms with Gasteiger partial charge in [-0.2, -0.15) is 0 Å². The van der Waals surface area contributed by atoms with Crippen molar-refractivity contribution in [3.63, 3.8) is 0 Å². The molecule has 2 aromatic rings. The molecule has 0 aliphatic carbocycles. The number of methoxy groups -OCH3 is 2. The molecule has 2 aromatic carbocycles. The molecule has 0 heterocycles. The number of aromatic carboxylic acids is 1. The van der Waals surface area contributed by atoms with Gasteiger partial charge in [0.15, 0.2) is 0 Å². The number of carboxylic acids is 1. The van der Waals surface area contributed by atoms with Crippen LogP contribution in [0.3, 0.4) is 0 Å². The summed E-state index contributed by atoms with van der Waals surface area (Å²) in [6.45, 7) is 1.87. The third-order valence-electron chi connectivity index (χ3n) is 3.17. The minimum Gasteiger partial charge on any atom is -0.496 e. The first kappa shape index (κ1) is 13.9. The molecule has 4 heteroatoms. The zero-order valence-corrected chi connectivity index (χ0v) is 11.6. The molecule has 0 radical (unpaired) electrons. The van der Waals surface area contributed by atoms with Gasteiger partial charge in [-0.05, 0) is 42.3 Å². The number of carbonyl (C=O) groups is 1. The van der Waals surface area contributed by atoms with Crippen molar-refractivity contribution in [2.24, 2.45) is 0 Å². The van der Waals surface area contributed by atoms with Crippen molar-refractivity contribution in [3.05, 3.63) is 47.5 Å². The number of hydrogen-bond acceptors (Lipinski definition) is 3. The fraction of sp³-hybridized carbons (Fsp3) is 0.188. The van der Waals surface area contributed by atoms with E-state index < -0.39 is 5.97 Å². The van der Waals surface area contributed by atoms with Gasteiger partial charge in [0.1, 0.15) is 11.5 Å². The molecule has 0 saturated heterocycles. The Hall–Kier alpha value is -2.49. The predicted octanol–water partition coefficient (Wildman–Crippen LogP) is 3.38. The topological polar surface area (TPSA) is 55.8 Å². The largest absolute Gasteiger partial charge is 0.496 e. The number of aryl methyl sites for hydroxylation is 1. The van der Waals surface area contributed by atoms with E-state index in [9.17, 15) is 4.79 Å². The van der Waals surface area contributed by atoms with Crippen LogP contribution in [0.2, 0.25) is 0 Å². The molecule has 0 saturated carbocycles. The van der Waals surface area contributed by atoms with Gasteiger partial charge in [-0.3, -0.25) is 0 Å². The Labute approximate surface area is 117 Å². The summed E-state index contributed by atoms with van der Waals surface area (Å²) < 4.78 is 10.8. The van der Waals surface area contributed by atoms with Crippen LogP contribution in [-0.4, -0.2) is 25.3 Å². The average molecular weight is 272 g/mol. The Morgan fingerprint density at radius 3 is 2.10 bits per heavy atom. The van der Waals surface area contributed by atoms with E-state index in [1.807, 2.05) is 25.1 Å². The molecule has 0 amide bonds. The van der Waals surface area contributed by atoms with Crippen LogP contribution < -0.4 is 9.47 Å². The second kappa shape index (κ2) is 5.65. The highest BCUT2D eigenvalue weighted by atomic mass is 16.5. The molecule has 0 aliphatic heterocycles. The molecular formula is C16H16O4. The van der Waals surface area contributed by atoms with Gasteiger partial charge in [0.25, 0.3) is 0 Å². The monoisotopic (exact) mass is 272 g/mol. The van der Waals surface area contributed by atoms with E-state index in [2.05, 4.69) is 0 Å². The lowest BCUT2D eigenvalue weighted by atomic mass is 9.97. The summed E-state index contributed by atoms with van der Waals surface area (Å²) >= 11 is 0. The second-order valence-electron chi connectivity index (χ2n) is 4.37. The molecule has 2 rings (SSSR count). The first-order chi connectivity index (χ1) is 9.58. The van der Waals surface area contributed by atoms with E-state index >= 15 is 0 Å². The summed E-state index contributed by atoms with van der Waals surface area (Å²) in [6, 6.07) is 10.5. The Kier molecular flexibility index (Phi) is 3.94. The predicted molar refractivity (Wildman–Crippen MR) is 76.7 cm³/mol. The maximum atomic E-state index is 11.0. The third kappa shape index (κ3) is 2.45. The van der Waals surface area contributed by atoms with Crippen molar-refractivity contribution < 1.29 is 19.4 Å². The van der Waals surface area contributed by atoms with Crippen molar-refractivity contribution in [3.8, 4) is 22.6 Å². The van der Waals surface area contributed by atoms with Gasteiger partial charge in [-0.25, -0.2) is 4.79 Å². The number of carboxylic acid groups (broad SMARTS) is 1. The van der Waals surface area contributed by atoms with Crippen LogP contribution >= 0.6 is 0 Å². The molecular weight excluding hydrogens is 256 g/mol. The normalized spacial score (nSPS) is 10.2. The summed E-state index contributed by atoms with van der Waals surface area (Å²) in [5, 5.41) is 9.02. The number of hydrogen-bond donors (Lipinski definition) is 1. The zero-order chi connectivity index (χ0) is 14.7. The fourth-order valence-corrected chi connectivity index (χ4v) is 2.19. The SMILES string of the molecule is COc1cccc(OC)c1-c1ccc(C(=O)O)cc1C. The van der Waals surface area contributed by atoms with Crippen LogP contribution in [0.5, 0.6) is 11.5 Å². The standard InChI is InChI=1S/C16H16O4/c1-10-9-11(16(17)18)7-8-12(10)15-13(19-2)5-4-6-14(15)20-3/h4-9H,1-3H3,(H,17,18). The number of rotatable bonds is 4. The lowest BCUT2D eigenvalue weighted by Gasteiger charge is -2.15. The van der Waals surface area contributed by atoms with Crippen LogP contribution in [0.1, 0.15) is 15.9 Å². The van der Waals surface area contributed by atoms with Crippen LogP contribution in [-0.2, 0) is 0 Å². The summed E-state index contributed by atoms with van der Waals surface area (Å²) in [6.07, 6.45) is 0. The molecule has 4 nitrogen and oxygen atoms in total. The average Bonchev–Trinajstić information content (AvgIpc) is 2.46. The van der Waals surface area contributed by atoms with Crippen molar-refractivity contribution in [2.45, 2.75) is 6.92 Å². The first-order valence-electron chi connectivity index (χ1n) is 6.13. The highest BCUT2D eigenvalue weighted by molar-refractivity contribution is 5.90. The first-order valence-corrected chi connectivity index (χ1v) is 6.13. The van der Waals surface area contributed by atoms with Crippen molar-refractivity contribution in [2.75, 3.05) is 14.2 Å². The van der Waals surface area contributed by atoms with Crippen LogP contribution in [0.4, 0.5) is 0 Å². The van der Waals surface area contributed by atoms with Crippen molar-refractivity contribution >= 4 is 5.97 Å². The Morgan fingerprint density at radius 2 is 1.65 bits per heavy atom. The van der Waals surface area contributed by atoms with Gasteiger partial charge in [0.2, 0.25) is 0 Å². The van der Waals surface area contributed by atoms with Crippen molar-refractivity contribution in [1.82, 2.24) is 0 Å². The molecule has 0 unspecified atom stereocenters. The zero-order valence-electron chi connectivity index (χ0n) is 11.6. The minimum atomic E-state index is -0.938. The second-order valence-corrected chi connectivity index (χ2v) is 4.37. The quantitative estimate of drug-likeness (QED) is 0.927. The summed E-state index contributed by atoms with van der Waals surface area (Å²) in [7, 11) is 3.19. The van der Waals surface area contributed by atoms with E-state index in [0.29, 0.717) is 11.5 Å². The van der Waals surface area contributed by atoms with Gasteiger partial charge in [0.05, 0.1) is 25.3 Å². The van der Waals surface area contributed by atoms with Gasteiger partial charge in [-0.1, -0.05) is 12.1 Å². The molecule has 0 aromatic heterocycles. The minimum absolute atomic E-state index is 0.264. The third-order valence-corrected chi connectivity index (χ3v) is 3.17. The molecule has 0 spiro atoms. The molecule has 0 bridgehead atoms. The van der Waals surface area contributed by atoms with Gasteiger partial charge < -0.3 is 14.6 Å². The summed E-state index contributed by atoms with van der Waals surface area (Å²) in [4.78, 5) is 11.0. The lowest BCUT2D eigenvalue weighted by Crippen LogP contribution is -1.99. The molecule has 0 fully saturated rings. The van der Waals surface area contributed by atoms with E-state index in [-0.39, 0.29) is 5.56 Å². The lowest BCUT2D eigenvalue weighted by molar-refractivity contribution is 0.0697. The van der Waals surface area contributed by atoms with E-state index in [4.69, 9.17) is 14.6 Å². The van der Waals surface area contributed by atoms with Crippen LogP contribution in [0, 0.1) is 6.92 Å². The highest BCUT2D eigenvalue weighted by Crippen LogP contribution is 2.39. The van der Waals surface area contributed by atoms with Gasteiger partial charge in [-0.15, -0.1) is 0 Å². The smallest absolute Gasteiger partial charge is 0.335 e. The Morgan fingerprint density at radius 1 is 1.05 bits per heavy atom. The Bertz CT molecular complexity index is 625. The van der Waals surface area contributed by atoms with E-state index in [1.54, 1.807) is 32.4 Å². The fourth-order valence-electron chi connectivity index (χ4n) is 2.19. The van der Waals surface area contributed by atoms with Crippen molar-refractivity contribution in [1.29, 1.82) is 0 Å². The molecule has 20 heavy (non-hydrogen) atoms. The maximum absolute atomic E-state index is 11.0. The summed E-state index contributed by atoms with van der Waals surface area (Å²) in [5.41, 5.74) is 2.84. The van der Waals surface area contributed by atoms with E-state index in [0.717, 1.165) is 16.7 Å². The van der Waals surface area contributed by atoms with Crippen LogP contribution in [0.15, 0.2) is 36.4 Å². The molecule has 104 valence electrons.